The molecule has 0 aliphatic carbocycles. The smallest absolute Gasteiger partial charge is 0.126 e. The van der Waals surface area contributed by atoms with Gasteiger partial charge in [-0.15, -0.1) is 0 Å². The molecule has 4 heteroatoms. The van der Waals surface area contributed by atoms with Crippen molar-refractivity contribution in [3.8, 4) is 11.5 Å². The van der Waals surface area contributed by atoms with Gasteiger partial charge in [-0.05, 0) is 41.5 Å². The van der Waals surface area contributed by atoms with Crippen molar-refractivity contribution in [2.45, 2.75) is 25.0 Å². The minimum atomic E-state index is 0.000699. The lowest BCUT2D eigenvalue weighted by Gasteiger charge is -2.31. The van der Waals surface area contributed by atoms with Crippen LogP contribution in [-0.2, 0) is 6.42 Å². The van der Waals surface area contributed by atoms with Gasteiger partial charge in [-0.25, -0.2) is 0 Å². The number of nitrogens with two attached hydrogens (primary N) is 1. The van der Waals surface area contributed by atoms with Gasteiger partial charge in [-0.3, -0.25) is 0 Å². The monoisotopic (exact) mass is 345 g/mol. The molecule has 0 saturated heterocycles. The minimum absolute atomic E-state index is 0.000699. The van der Waals surface area contributed by atoms with Crippen LogP contribution in [-0.4, -0.2) is 6.61 Å². The Morgan fingerprint density at radius 1 is 1.10 bits per heavy atom. The molecule has 0 radical (unpaired) electrons. The van der Waals surface area contributed by atoms with Gasteiger partial charge in [0.05, 0.1) is 6.61 Å². The van der Waals surface area contributed by atoms with Gasteiger partial charge < -0.3 is 15.2 Å². The zero-order valence-corrected chi connectivity index (χ0v) is 13.1. The number of fused-ring (bicyclic) bond motifs is 2. The van der Waals surface area contributed by atoms with Gasteiger partial charge in [-0.2, -0.15) is 0 Å². The first kappa shape index (κ1) is 13.2. The number of halogens is 1. The van der Waals surface area contributed by atoms with E-state index in [4.69, 9.17) is 15.2 Å². The largest absolute Gasteiger partial charge is 0.493 e. The molecular weight excluding hydrogens is 330 g/mol. The lowest BCUT2D eigenvalue weighted by Crippen LogP contribution is -2.24. The Balaban J connectivity index is 1.67. The average molecular weight is 346 g/mol. The van der Waals surface area contributed by atoms with Crippen molar-refractivity contribution in [3.63, 3.8) is 0 Å². The van der Waals surface area contributed by atoms with Crippen molar-refractivity contribution in [1.29, 1.82) is 0 Å². The second kappa shape index (κ2) is 5.04. The SMILES string of the molecule is N[C@H]1CC(c2ccc3c(c2)CCO3)Oc2ccc(Br)cc21. The zero-order chi connectivity index (χ0) is 14.4. The highest BCUT2D eigenvalue weighted by molar-refractivity contribution is 9.10. The molecule has 2 aromatic carbocycles. The molecule has 2 N–H and O–H groups in total. The van der Waals surface area contributed by atoms with Gasteiger partial charge in [0.2, 0.25) is 0 Å². The third kappa shape index (κ3) is 2.32. The third-order valence-corrected chi connectivity index (χ3v) is 4.69. The lowest BCUT2D eigenvalue weighted by molar-refractivity contribution is 0.161. The van der Waals surface area contributed by atoms with Crippen molar-refractivity contribution in [3.05, 3.63) is 57.6 Å². The summed E-state index contributed by atoms with van der Waals surface area (Å²) < 4.78 is 12.8. The number of rotatable bonds is 1. The lowest BCUT2D eigenvalue weighted by atomic mass is 9.93. The topological polar surface area (TPSA) is 44.5 Å². The summed E-state index contributed by atoms with van der Waals surface area (Å²) in [7, 11) is 0. The van der Waals surface area contributed by atoms with E-state index in [0.717, 1.165) is 41.0 Å². The number of benzene rings is 2. The second-order valence-corrected chi connectivity index (χ2v) is 6.51. The predicted molar refractivity (Wildman–Crippen MR) is 84.7 cm³/mol. The molecule has 2 aromatic rings. The average Bonchev–Trinajstić information content (AvgIpc) is 2.95. The van der Waals surface area contributed by atoms with Crippen molar-refractivity contribution in [1.82, 2.24) is 0 Å². The van der Waals surface area contributed by atoms with Gasteiger partial charge in [0.15, 0.2) is 0 Å². The summed E-state index contributed by atoms with van der Waals surface area (Å²) >= 11 is 3.49. The fourth-order valence-electron chi connectivity index (χ4n) is 3.09. The summed E-state index contributed by atoms with van der Waals surface area (Å²) in [6, 6.07) is 12.4. The second-order valence-electron chi connectivity index (χ2n) is 5.60. The molecule has 108 valence electrons. The first-order valence-electron chi connectivity index (χ1n) is 7.18. The molecule has 1 unspecified atom stereocenters. The van der Waals surface area contributed by atoms with Crippen LogP contribution in [0.1, 0.15) is 35.3 Å². The maximum atomic E-state index is 6.33. The number of hydrogen-bond acceptors (Lipinski definition) is 3. The Kier molecular flexibility index (Phi) is 3.16. The summed E-state index contributed by atoms with van der Waals surface area (Å²) in [5.41, 5.74) is 9.86. The Labute approximate surface area is 132 Å². The molecule has 2 heterocycles. The minimum Gasteiger partial charge on any atom is -0.493 e. The van der Waals surface area contributed by atoms with Gasteiger partial charge in [0, 0.05) is 28.9 Å². The quantitative estimate of drug-likeness (QED) is 0.852. The predicted octanol–water partition coefficient (Wildman–Crippen LogP) is 3.91. The molecule has 2 atom stereocenters. The number of ether oxygens (including phenoxy) is 2. The summed E-state index contributed by atoms with van der Waals surface area (Å²) in [5, 5.41) is 0. The molecule has 2 aliphatic heterocycles. The van der Waals surface area contributed by atoms with Crippen LogP contribution in [0.2, 0.25) is 0 Å². The zero-order valence-electron chi connectivity index (χ0n) is 11.5. The molecule has 0 aromatic heterocycles. The summed E-state index contributed by atoms with van der Waals surface area (Å²) in [6.07, 6.45) is 1.79. The molecule has 21 heavy (non-hydrogen) atoms. The Bertz CT molecular complexity index is 701. The summed E-state index contributed by atoms with van der Waals surface area (Å²) in [4.78, 5) is 0. The van der Waals surface area contributed by atoms with Crippen molar-refractivity contribution in [2.24, 2.45) is 5.73 Å². The standard InChI is InChI=1S/C17H16BrNO2/c18-12-2-4-16-13(8-12)14(19)9-17(21-16)10-1-3-15-11(7-10)5-6-20-15/h1-4,7-8,14,17H,5-6,9,19H2/t14-,17?/m0/s1. The normalized spacial score (nSPS) is 23.0. The summed E-state index contributed by atoms with van der Waals surface area (Å²) in [5.74, 6) is 1.89. The van der Waals surface area contributed by atoms with Crippen LogP contribution < -0.4 is 15.2 Å². The molecule has 0 bridgehead atoms. The van der Waals surface area contributed by atoms with Gasteiger partial charge in [0.1, 0.15) is 17.6 Å². The van der Waals surface area contributed by atoms with Crippen LogP contribution >= 0.6 is 15.9 Å². The number of hydrogen-bond donors (Lipinski definition) is 1. The van der Waals surface area contributed by atoms with E-state index in [0.29, 0.717) is 0 Å². The van der Waals surface area contributed by atoms with E-state index in [-0.39, 0.29) is 12.1 Å². The first-order valence-corrected chi connectivity index (χ1v) is 7.97. The maximum Gasteiger partial charge on any atom is 0.126 e. The van der Waals surface area contributed by atoms with Gasteiger partial charge in [-0.1, -0.05) is 22.0 Å². The Morgan fingerprint density at radius 2 is 1.95 bits per heavy atom. The highest BCUT2D eigenvalue weighted by Crippen LogP contribution is 2.41. The van der Waals surface area contributed by atoms with E-state index in [9.17, 15) is 0 Å². The summed E-state index contributed by atoms with van der Waals surface area (Å²) in [6.45, 7) is 0.778. The highest BCUT2D eigenvalue weighted by Gasteiger charge is 2.28. The Morgan fingerprint density at radius 3 is 2.86 bits per heavy atom. The van der Waals surface area contributed by atoms with Crippen LogP contribution in [0.3, 0.4) is 0 Å². The molecular formula is C17H16BrNO2. The van der Waals surface area contributed by atoms with Gasteiger partial charge >= 0.3 is 0 Å². The fraction of sp³-hybridized carbons (Fsp3) is 0.294. The molecule has 2 aliphatic rings. The van der Waals surface area contributed by atoms with Gasteiger partial charge in [0.25, 0.3) is 0 Å². The van der Waals surface area contributed by atoms with Crippen molar-refractivity contribution in [2.75, 3.05) is 6.61 Å². The molecule has 4 rings (SSSR count). The van der Waals surface area contributed by atoms with Crippen LogP contribution in [0.15, 0.2) is 40.9 Å². The van der Waals surface area contributed by atoms with E-state index >= 15 is 0 Å². The molecule has 0 saturated carbocycles. The van der Waals surface area contributed by atoms with Crippen LogP contribution in [0.25, 0.3) is 0 Å². The fourth-order valence-corrected chi connectivity index (χ4v) is 3.47. The third-order valence-electron chi connectivity index (χ3n) is 4.19. The molecule has 0 amide bonds. The van der Waals surface area contributed by atoms with Crippen LogP contribution in [0, 0.1) is 0 Å². The van der Waals surface area contributed by atoms with Crippen LogP contribution in [0.4, 0.5) is 0 Å². The van der Waals surface area contributed by atoms with Crippen molar-refractivity contribution < 1.29 is 9.47 Å². The van der Waals surface area contributed by atoms with E-state index in [1.807, 2.05) is 24.3 Å². The van der Waals surface area contributed by atoms with E-state index in [2.05, 4.69) is 28.1 Å². The van der Waals surface area contributed by atoms with Crippen molar-refractivity contribution >= 4 is 15.9 Å². The van der Waals surface area contributed by atoms with Crippen LogP contribution in [0.5, 0.6) is 11.5 Å². The molecule has 0 spiro atoms. The molecule has 3 nitrogen and oxygen atoms in total. The first-order chi connectivity index (χ1) is 10.2. The van der Waals surface area contributed by atoms with E-state index in [1.54, 1.807) is 0 Å². The maximum absolute atomic E-state index is 6.33. The van der Waals surface area contributed by atoms with E-state index in [1.165, 1.54) is 11.1 Å². The molecule has 0 fully saturated rings. The van der Waals surface area contributed by atoms with E-state index < -0.39 is 0 Å². The Hall–Kier alpha value is -1.52. The highest BCUT2D eigenvalue weighted by atomic mass is 79.9.